The summed E-state index contributed by atoms with van der Waals surface area (Å²) in [5.74, 6) is 0. The van der Waals surface area contributed by atoms with Crippen LogP contribution in [-0.4, -0.2) is 35.0 Å². The van der Waals surface area contributed by atoms with Gasteiger partial charge in [0.05, 0.1) is 11.4 Å². The van der Waals surface area contributed by atoms with Crippen molar-refractivity contribution >= 4 is 5.69 Å². The predicted molar refractivity (Wildman–Crippen MR) is 80.6 cm³/mol. The lowest BCUT2D eigenvalue weighted by molar-refractivity contribution is 0.233. The fraction of sp³-hybridized carbons (Fsp3) is 0.800. The molecular formula is C15H28N4. The van der Waals surface area contributed by atoms with Gasteiger partial charge in [0.1, 0.15) is 0 Å². The third-order valence-corrected chi connectivity index (χ3v) is 4.23. The van der Waals surface area contributed by atoms with Gasteiger partial charge in [0.15, 0.2) is 0 Å². The van der Waals surface area contributed by atoms with Crippen molar-refractivity contribution in [3.63, 3.8) is 0 Å². The smallest absolute Gasteiger partial charge is 0.0827 e. The van der Waals surface area contributed by atoms with Crippen molar-refractivity contribution < 1.29 is 0 Å². The highest BCUT2D eigenvalue weighted by molar-refractivity contribution is 5.50. The summed E-state index contributed by atoms with van der Waals surface area (Å²) in [6.07, 6.45) is 3.32. The predicted octanol–water partition coefficient (Wildman–Crippen LogP) is 2.33. The molecule has 2 unspecified atom stereocenters. The van der Waals surface area contributed by atoms with Crippen molar-refractivity contribution in [3.05, 3.63) is 11.9 Å². The zero-order valence-electron chi connectivity index (χ0n) is 13.2. The molecule has 2 heterocycles. The molecule has 0 spiro atoms. The van der Waals surface area contributed by atoms with Gasteiger partial charge in [-0.15, -0.1) is 0 Å². The molecule has 108 valence electrons. The van der Waals surface area contributed by atoms with Gasteiger partial charge in [0, 0.05) is 38.4 Å². The first-order valence-corrected chi connectivity index (χ1v) is 7.33. The molecule has 1 N–H and O–H groups in total. The molecule has 0 bridgehead atoms. The summed E-state index contributed by atoms with van der Waals surface area (Å²) in [5, 5.41) is 8.21. The van der Waals surface area contributed by atoms with Gasteiger partial charge >= 0.3 is 0 Å². The summed E-state index contributed by atoms with van der Waals surface area (Å²) in [7, 11) is 2.00. The normalized spacial score (nSPS) is 24.8. The first-order chi connectivity index (χ1) is 8.82. The van der Waals surface area contributed by atoms with E-state index < -0.39 is 0 Å². The number of hydrogen-bond donors (Lipinski definition) is 1. The van der Waals surface area contributed by atoms with Crippen LogP contribution in [0.1, 0.15) is 39.8 Å². The topological polar surface area (TPSA) is 33.1 Å². The monoisotopic (exact) mass is 264 g/mol. The van der Waals surface area contributed by atoms with E-state index in [-0.39, 0.29) is 5.41 Å². The first kappa shape index (κ1) is 14.4. The van der Waals surface area contributed by atoms with Gasteiger partial charge in [-0.1, -0.05) is 27.7 Å². The highest BCUT2D eigenvalue weighted by Crippen LogP contribution is 2.29. The van der Waals surface area contributed by atoms with Crippen molar-refractivity contribution in [2.45, 2.75) is 53.1 Å². The van der Waals surface area contributed by atoms with E-state index in [0.29, 0.717) is 12.1 Å². The number of nitrogens with zero attached hydrogens (tertiary/aromatic N) is 3. The highest BCUT2D eigenvalue weighted by Gasteiger charge is 2.34. The minimum absolute atomic E-state index is 0.285. The molecule has 1 fully saturated rings. The van der Waals surface area contributed by atoms with Crippen LogP contribution < -0.4 is 10.2 Å². The summed E-state index contributed by atoms with van der Waals surface area (Å²) >= 11 is 0. The van der Waals surface area contributed by atoms with Crippen LogP contribution in [0.25, 0.3) is 0 Å². The zero-order chi connectivity index (χ0) is 14.2. The third kappa shape index (κ3) is 2.94. The quantitative estimate of drug-likeness (QED) is 0.890. The largest absolute Gasteiger partial charge is 0.363 e. The Balaban J connectivity index is 2.26. The van der Waals surface area contributed by atoms with Crippen LogP contribution in [0.4, 0.5) is 5.69 Å². The molecule has 0 aliphatic carbocycles. The molecule has 0 radical (unpaired) electrons. The van der Waals surface area contributed by atoms with Crippen molar-refractivity contribution in [1.29, 1.82) is 0 Å². The Hall–Kier alpha value is -1.03. The van der Waals surface area contributed by atoms with Gasteiger partial charge < -0.3 is 10.2 Å². The average molecular weight is 264 g/mol. The molecule has 1 aliphatic rings. The van der Waals surface area contributed by atoms with Gasteiger partial charge in [0.2, 0.25) is 0 Å². The Morgan fingerprint density at radius 1 is 1.42 bits per heavy atom. The number of aryl methyl sites for hydroxylation is 2. The van der Waals surface area contributed by atoms with E-state index in [9.17, 15) is 0 Å². The molecule has 4 nitrogen and oxygen atoms in total. The van der Waals surface area contributed by atoms with Crippen LogP contribution in [0.2, 0.25) is 0 Å². The van der Waals surface area contributed by atoms with E-state index in [2.05, 4.69) is 56.1 Å². The van der Waals surface area contributed by atoms with Crippen LogP contribution in [0.15, 0.2) is 6.20 Å². The maximum Gasteiger partial charge on any atom is 0.0827 e. The van der Waals surface area contributed by atoms with E-state index in [4.69, 9.17) is 0 Å². The van der Waals surface area contributed by atoms with Gasteiger partial charge in [-0.3, -0.25) is 4.68 Å². The van der Waals surface area contributed by atoms with E-state index in [1.165, 1.54) is 5.69 Å². The fourth-order valence-corrected chi connectivity index (χ4v) is 2.91. The number of nitrogens with one attached hydrogen (secondary N) is 1. The van der Waals surface area contributed by atoms with Crippen LogP contribution in [0.3, 0.4) is 0 Å². The number of hydrogen-bond acceptors (Lipinski definition) is 3. The molecule has 1 aliphatic heterocycles. The number of rotatable bonds is 2. The molecule has 4 heteroatoms. The number of aromatic nitrogens is 2. The fourth-order valence-electron chi connectivity index (χ4n) is 2.91. The van der Waals surface area contributed by atoms with Crippen molar-refractivity contribution in [3.8, 4) is 0 Å². The Morgan fingerprint density at radius 3 is 2.58 bits per heavy atom. The Bertz CT molecular complexity index is 430. The van der Waals surface area contributed by atoms with Crippen LogP contribution in [0.5, 0.6) is 0 Å². The SMILES string of the molecule is CCC1CNC(C(C)(C)C)CN1c1cn(C)nc1C. The van der Waals surface area contributed by atoms with Crippen LogP contribution in [0, 0.1) is 12.3 Å². The maximum absolute atomic E-state index is 4.50. The van der Waals surface area contributed by atoms with Gasteiger partial charge in [0.25, 0.3) is 0 Å². The molecule has 1 aromatic rings. The zero-order valence-corrected chi connectivity index (χ0v) is 13.2. The minimum Gasteiger partial charge on any atom is -0.363 e. The van der Waals surface area contributed by atoms with Gasteiger partial charge in [-0.25, -0.2) is 0 Å². The number of piperazine rings is 1. The number of anilines is 1. The van der Waals surface area contributed by atoms with Crippen molar-refractivity contribution in [2.75, 3.05) is 18.0 Å². The van der Waals surface area contributed by atoms with Crippen molar-refractivity contribution in [1.82, 2.24) is 15.1 Å². The standard InChI is InChI=1S/C15H28N4/c1-7-12-8-16-14(15(3,4)5)10-19(12)13-9-18(6)17-11(13)2/h9,12,14,16H,7-8,10H2,1-6H3. The summed E-state index contributed by atoms with van der Waals surface area (Å²) in [6.45, 7) is 13.4. The van der Waals surface area contributed by atoms with Gasteiger partial charge in [-0.2, -0.15) is 5.10 Å². The average Bonchev–Trinajstić information content (AvgIpc) is 2.66. The molecule has 2 atom stereocenters. The van der Waals surface area contributed by atoms with Crippen LogP contribution >= 0.6 is 0 Å². The summed E-state index contributed by atoms with van der Waals surface area (Å²) in [5.41, 5.74) is 2.72. The molecule has 19 heavy (non-hydrogen) atoms. The van der Waals surface area contributed by atoms with E-state index in [1.54, 1.807) is 0 Å². The second-order valence-electron chi connectivity index (χ2n) is 6.81. The van der Waals surface area contributed by atoms with Gasteiger partial charge in [-0.05, 0) is 18.8 Å². The molecule has 0 saturated carbocycles. The van der Waals surface area contributed by atoms with Crippen LogP contribution in [-0.2, 0) is 7.05 Å². The lowest BCUT2D eigenvalue weighted by Crippen LogP contribution is -2.60. The van der Waals surface area contributed by atoms with Crippen molar-refractivity contribution in [2.24, 2.45) is 12.5 Å². The second kappa shape index (κ2) is 5.16. The Kier molecular flexibility index (Phi) is 3.90. The summed E-state index contributed by atoms with van der Waals surface area (Å²) in [4.78, 5) is 2.55. The lowest BCUT2D eigenvalue weighted by atomic mass is 9.84. The Morgan fingerprint density at radius 2 is 2.11 bits per heavy atom. The molecule has 0 amide bonds. The molecule has 1 saturated heterocycles. The first-order valence-electron chi connectivity index (χ1n) is 7.33. The highest BCUT2D eigenvalue weighted by atomic mass is 15.3. The Labute approximate surface area is 117 Å². The maximum atomic E-state index is 4.50. The van der Waals surface area contributed by atoms with E-state index in [1.807, 2.05) is 11.7 Å². The van der Waals surface area contributed by atoms with E-state index >= 15 is 0 Å². The minimum atomic E-state index is 0.285. The molecule has 1 aromatic heterocycles. The van der Waals surface area contributed by atoms with E-state index in [0.717, 1.165) is 25.2 Å². The lowest BCUT2D eigenvalue weighted by Gasteiger charge is -2.45. The summed E-state index contributed by atoms with van der Waals surface area (Å²) in [6, 6.07) is 1.09. The summed E-state index contributed by atoms with van der Waals surface area (Å²) < 4.78 is 1.92. The second-order valence-corrected chi connectivity index (χ2v) is 6.81. The molecule has 0 aromatic carbocycles. The third-order valence-electron chi connectivity index (χ3n) is 4.23. The molecule has 2 rings (SSSR count). The molecular weight excluding hydrogens is 236 g/mol.